The number of hydrogen-bond donors (Lipinski definition) is 2. The first-order valence-electron chi connectivity index (χ1n) is 6.49. The van der Waals surface area contributed by atoms with Crippen LogP contribution in [-0.4, -0.2) is 32.7 Å². The summed E-state index contributed by atoms with van der Waals surface area (Å²) < 4.78 is 1.96. The summed E-state index contributed by atoms with van der Waals surface area (Å²) in [5, 5.41) is 24.3. The molecule has 2 N–H and O–H groups in total. The van der Waals surface area contributed by atoms with Gasteiger partial charge in [0.1, 0.15) is 0 Å². The first kappa shape index (κ1) is 13.1. The Morgan fingerprint density at radius 3 is 2.83 bits per heavy atom. The van der Waals surface area contributed by atoms with Crippen molar-refractivity contribution >= 4 is 10.9 Å². The summed E-state index contributed by atoms with van der Waals surface area (Å²) in [7, 11) is 0. The molecule has 2 aromatic rings. The summed E-state index contributed by atoms with van der Waals surface area (Å²) in [6.07, 6.45) is 1.37. The molecule has 0 bridgehead atoms. The molecule has 0 aliphatic heterocycles. The van der Waals surface area contributed by atoms with Crippen LogP contribution in [0.5, 0.6) is 0 Å². The van der Waals surface area contributed by atoms with E-state index in [2.05, 4.69) is 18.1 Å². The van der Waals surface area contributed by atoms with Gasteiger partial charge in [0, 0.05) is 25.0 Å². The van der Waals surface area contributed by atoms with Crippen molar-refractivity contribution in [3.05, 3.63) is 30.0 Å². The third-order valence-corrected chi connectivity index (χ3v) is 3.16. The van der Waals surface area contributed by atoms with E-state index in [0.29, 0.717) is 19.3 Å². The molecule has 0 aliphatic rings. The van der Waals surface area contributed by atoms with Crippen molar-refractivity contribution in [2.75, 3.05) is 6.61 Å². The molecule has 0 spiro atoms. The third kappa shape index (κ3) is 2.71. The number of aromatic nitrogens is 2. The van der Waals surface area contributed by atoms with Gasteiger partial charge in [-0.1, -0.05) is 18.2 Å². The molecule has 0 aliphatic carbocycles. The zero-order valence-corrected chi connectivity index (χ0v) is 10.7. The number of aryl methyl sites for hydroxylation is 1. The van der Waals surface area contributed by atoms with Crippen molar-refractivity contribution in [2.24, 2.45) is 0 Å². The molecule has 1 unspecified atom stereocenters. The molecule has 2 rings (SSSR count). The van der Waals surface area contributed by atoms with Gasteiger partial charge < -0.3 is 10.2 Å². The average Bonchev–Trinajstić information content (AvgIpc) is 2.75. The van der Waals surface area contributed by atoms with Crippen molar-refractivity contribution in [1.29, 1.82) is 0 Å². The van der Waals surface area contributed by atoms with Crippen molar-refractivity contribution in [3.63, 3.8) is 0 Å². The molecule has 0 saturated heterocycles. The van der Waals surface area contributed by atoms with Crippen LogP contribution in [-0.2, 0) is 13.0 Å². The van der Waals surface area contributed by atoms with E-state index in [1.807, 2.05) is 22.9 Å². The van der Waals surface area contributed by atoms with Crippen molar-refractivity contribution in [3.8, 4) is 0 Å². The second kappa shape index (κ2) is 5.98. The van der Waals surface area contributed by atoms with E-state index in [1.165, 1.54) is 0 Å². The van der Waals surface area contributed by atoms with Gasteiger partial charge in [-0.2, -0.15) is 5.10 Å². The van der Waals surface area contributed by atoms with E-state index >= 15 is 0 Å². The second-order valence-corrected chi connectivity index (χ2v) is 4.50. The number of aliphatic hydroxyl groups excluding tert-OH is 2. The Hall–Kier alpha value is -1.39. The van der Waals surface area contributed by atoms with E-state index in [-0.39, 0.29) is 6.61 Å². The molecule has 4 nitrogen and oxygen atoms in total. The number of rotatable bonds is 6. The van der Waals surface area contributed by atoms with Gasteiger partial charge in [-0.25, -0.2) is 0 Å². The number of nitrogens with zero attached hydrogens (tertiary/aromatic N) is 2. The van der Waals surface area contributed by atoms with Crippen LogP contribution in [0, 0.1) is 0 Å². The van der Waals surface area contributed by atoms with Crippen molar-refractivity contribution < 1.29 is 10.2 Å². The molecule has 0 radical (unpaired) electrons. The highest BCUT2D eigenvalue weighted by molar-refractivity contribution is 5.81. The fraction of sp³-hybridized carbons (Fsp3) is 0.500. The van der Waals surface area contributed by atoms with Gasteiger partial charge in [-0.05, 0) is 25.8 Å². The number of benzene rings is 1. The maximum Gasteiger partial charge on any atom is 0.0729 e. The predicted molar refractivity (Wildman–Crippen MR) is 71.4 cm³/mol. The Kier molecular flexibility index (Phi) is 4.33. The molecular formula is C14H20N2O2. The maximum atomic E-state index is 9.91. The fourth-order valence-corrected chi connectivity index (χ4v) is 2.24. The molecule has 0 saturated carbocycles. The molecule has 98 valence electrons. The lowest BCUT2D eigenvalue weighted by Crippen LogP contribution is -2.12. The van der Waals surface area contributed by atoms with Crippen LogP contribution in [0.15, 0.2) is 24.3 Å². The maximum absolute atomic E-state index is 9.91. The number of fused-ring (bicyclic) bond motifs is 1. The van der Waals surface area contributed by atoms with Gasteiger partial charge in [0.05, 0.1) is 17.3 Å². The first-order valence-corrected chi connectivity index (χ1v) is 6.49. The van der Waals surface area contributed by atoms with Crippen LogP contribution in [0.2, 0.25) is 0 Å². The molecule has 4 heteroatoms. The Morgan fingerprint density at radius 2 is 2.11 bits per heavy atom. The molecule has 1 atom stereocenters. The quantitative estimate of drug-likeness (QED) is 0.818. The van der Waals surface area contributed by atoms with E-state index < -0.39 is 6.10 Å². The van der Waals surface area contributed by atoms with Crippen LogP contribution in [0.25, 0.3) is 10.9 Å². The monoisotopic (exact) mass is 248 g/mol. The van der Waals surface area contributed by atoms with Gasteiger partial charge in [-0.3, -0.25) is 4.68 Å². The largest absolute Gasteiger partial charge is 0.396 e. The zero-order valence-electron chi connectivity index (χ0n) is 10.7. The van der Waals surface area contributed by atoms with E-state index in [1.54, 1.807) is 0 Å². The predicted octanol–water partition coefficient (Wildman–Crippen LogP) is 1.73. The summed E-state index contributed by atoms with van der Waals surface area (Å²) in [6.45, 7) is 3.01. The molecule has 1 aromatic carbocycles. The smallest absolute Gasteiger partial charge is 0.0729 e. The fourth-order valence-electron chi connectivity index (χ4n) is 2.24. The lowest BCUT2D eigenvalue weighted by molar-refractivity contribution is 0.149. The van der Waals surface area contributed by atoms with Crippen LogP contribution in [0.4, 0.5) is 0 Å². The highest BCUT2D eigenvalue weighted by atomic mass is 16.3. The number of para-hydroxylation sites is 1. The van der Waals surface area contributed by atoms with Gasteiger partial charge in [-0.15, -0.1) is 0 Å². The summed E-state index contributed by atoms with van der Waals surface area (Å²) in [5.74, 6) is 0. The van der Waals surface area contributed by atoms with Crippen LogP contribution in [0.3, 0.4) is 0 Å². The Bertz CT molecular complexity index is 507. The van der Waals surface area contributed by atoms with E-state index in [0.717, 1.165) is 23.1 Å². The zero-order chi connectivity index (χ0) is 13.0. The number of hydrogen-bond acceptors (Lipinski definition) is 3. The minimum Gasteiger partial charge on any atom is -0.396 e. The Morgan fingerprint density at radius 1 is 1.33 bits per heavy atom. The molecule has 0 fully saturated rings. The average molecular weight is 248 g/mol. The van der Waals surface area contributed by atoms with Gasteiger partial charge in [0.25, 0.3) is 0 Å². The summed E-state index contributed by atoms with van der Waals surface area (Å²) in [4.78, 5) is 0. The lowest BCUT2D eigenvalue weighted by atomic mass is 10.1. The standard InChI is InChI=1S/C14H20N2O2/c1-2-16-14-8-4-3-7-12(14)13(15-16)10-11(18)6-5-9-17/h3-4,7-8,11,17-18H,2,5-6,9-10H2,1H3. The summed E-state index contributed by atoms with van der Waals surface area (Å²) >= 11 is 0. The lowest BCUT2D eigenvalue weighted by Gasteiger charge is -2.07. The van der Waals surface area contributed by atoms with Crippen LogP contribution >= 0.6 is 0 Å². The first-order chi connectivity index (χ1) is 8.76. The molecule has 0 amide bonds. The Balaban J connectivity index is 2.22. The van der Waals surface area contributed by atoms with Gasteiger partial charge in [0.15, 0.2) is 0 Å². The van der Waals surface area contributed by atoms with Gasteiger partial charge >= 0.3 is 0 Å². The van der Waals surface area contributed by atoms with Gasteiger partial charge in [0.2, 0.25) is 0 Å². The van der Waals surface area contributed by atoms with E-state index in [4.69, 9.17) is 5.11 Å². The molecular weight excluding hydrogens is 228 g/mol. The highest BCUT2D eigenvalue weighted by Crippen LogP contribution is 2.20. The minimum atomic E-state index is -0.430. The summed E-state index contributed by atoms with van der Waals surface area (Å²) in [6, 6.07) is 8.09. The van der Waals surface area contributed by atoms with Crippen LogP contribution < -0.4 is 0 Å². The third-order valence-electron chi connectivity index (χ3n) is 3.16. The highest BCUT2D eigenvalue weighted by Gasteiger charge is 2.13. The van der Waals surface area contributed by atoms with Crippen LogP contribution in [0.1, 0.15) is 25.5 Å². The SMILES string of the molecule is CCn1nc(CC(O)CCCO)c2ccccc21. The molecule has 18 heavy (non-hydrogen) atoms. The normalized spacial score (nSPS) is 13.1. The Labute approximate surface area is 107 Å². The number of aliphatic hydroxyl groups is 2. The van der Waals surface area contributed by atoms with E-state index in [9.17, 15) is 5.11 Å². The topological polar surface area (TPSA) is 58.3 Å². The second-order valence-electron chi connectivity index (χ2n) is 4.50. The minimum absolute atomic E-state index is 0.126. The molecule has 1 heterocycles. The summed E-state index contributed by atoms with van der Waals surface area (Å²) in [5.41, 5.74) is 2.06. The molecule has 1 aromatic heterocycles. The van der Waals surface area contributed by atoms with Crippen molar-refractivity contribution in [1.82, 2.24) is 9.78 Å². The van der Waals surface area contributed by atoms with Crippen molar-refractivity contribution in [2.45, 2.75) is 38.8 Å².